The lowest BCUT2D eigenvalue weighted by atomic mass is 9.98. The molecule has 0 radical (unpaired) electrons. The van der Waals surface area contributed by atoms with E-state index < -0.39 is 6.10 Å². The summed E-state index contributed by atoms with van der Waals surface area (Å²) in [5, 5.41) is 10.2. The molecule has 4 heteroatoms. The number of fused-ring (bicyclic) bond motifs is 1. The number of hydrogen-bond donors (Lipinski definition) is 2. The first-order valence-electron chi connectivity index (χ1n) is 7.58. The second-order valence-corrected chi connectivity index (χ2v) is 5.69. The Bertz CT molecular complexity index is 546. The number of nitrogens with one attached hydrogen (secondary N) is 1. The Balaban J connectivity index is 1.54. The maximum Gasteiger partial charge on any atom is 0.242 e. The molecule has 0 spiro atoms. The average molecular weight is 275 g/mol. The van der Waals surface area contributed by atoms with Crippen LogP contribution in [0.25, 0.3) is 11.0 Å². The third kappa shape index (κ3) is 3.19. The van der Waals surface area contributed by atoms with E-state index in [0.717, 1.165) is 23.9 Å². The number of hydrogen-bond acceptors (Lipinski definition) is 2. The number of aliphatic hydroxyl groups is 1. The highest BCUT2D eigenvalue weighted by Gasteiger charge is 2.18. The molecular formula is C16H23N2O2+. The van der Waals surface area contributed by atoms with Gasteiger partial charge in [-0.15, -0.1) is 0 Å². The van der Waals surface area contributed by atoms with Crippen LogP contribution in [0, 0.1) is 0 Å². The SMILES string of the molecule is OC(COC1CCCCC1)C[n+]1c[nH]c2ccccc21. The smallest absolute Gasteiger partial charge is 0.242 e. The predicted octanol–water partition coefficient (Wildman–Crippen LogP) is 2.17. The predicted molar refractivity (Wildman–Crippen MR) is 77.3 cm³/mol. The Morgan fingerprint density at radius 1 is 1.25 bits per heavy atom. The van der Waals surface area contributed by atoms with E-state index in [1.165, 1.54) is 19.3 Å². The van der Waals surface area contributed by atoms with E-state index in [4.69, 9.17) is 4.74 Å². The summed E-state index contributed by atoms with van der Waals surface area (Å²) in [7, 11) is 0. The van der Waals surface area contributed by atoms with Crippen LogP contribution in [0.2, 0.25) is 0 Å². The summed E-state index contributed by atoms with van der Waals surface area (Å²) in [5.74, 6) is 0. The molecular weight excluding hydrogens is 252 g/mol. The van der Waals surface area contributed by atoms with Crippen molar-refractivity contribution >= 4 is 11.0 Å². The molecule has 0 aliphatic heterocycles. The van der Waals surface area contributed by atoms with Gasteiger partial charge in [-0.1, -0.05) is 31.4 Å². The van der Waals surface area contributed by atoms with Gasteiger partial charge in [0.25, 0.3) is 0 Å². The average Bonchev–Trinajstić information content (AvgIpc) is 2.90. The number of H-pyrrole nitrogens is 1. The molecule has 1 aliphatic carbocycles. The molecule has 1 atom stereocenters. The van der Waals surface area contributed by atoms with Gasteiger partial charge in [0.05, 0.1) is 12.7 Å². The molecule has 20 heavy (non-hydrogen) atoms. The van der Waals surface area contributed by atoms with Crippen molar-refractivity contribution in [3.63, 3.8) is 0 Å². The Kier molecular flexibility index (Phi) is 4.33. The van der Waals surface area contributed by atoms with Crippen molar-refractivity contribution in [1.82, 2.24) is 4.98 Å². The van der Waals surface area contributed by atoms with Crippen LogP contribution in [-0.4, -0.2) is 28.9 Å². The van der Waals surface area contributed by atoms with Crippen LogP contribution in [-0.2, 0) is 11.3 Å². The number of para-hydroxylation sites is 2. The van der Waals surface area contributed by atoms with Crippen LogP contribution in [0.1, 0.15) is 32.1 Å². The summed E-state index contributed by atoms with van der Waals surface area (Å²) in [6.07, 6.45) is 7.95. The summed E-state index contributed by atoms with van der Waals surface area (Å²) in [5.41, 5.74) is 2.21. The number of aliphatic hydroxyl groups excluding tert-OH is 1. The van der Waals surface area contributed by atoms with Crippen molar-refractivity contribution in [2.45, 2.75) is 50.9 Å². The fourth-order valence-electron chi connectivity index (χ4n) is 2.97. The van der Waals surface area contributed by atoms with Gasteiger partial charge in [0.2, 0.25) is 6.33 Å². The lowest BCUT2D eigenvalue weighted by molar-refractivity contribution is -0.678. The molecule has 2 aromatic rings. The van der Waals surface area contributed by atoms with E-state index in [0.29, 0.717) is 19.3 Å². The van der Waals surface area contributed by atoms with Gasteiger partial charge >= 0.3 is 0 Å². The number of imidazole rings is 1. The molecule has 4 nitrogen and oxygen atoms in total. The van der Waals surface area contributed by atoms with Gasteiger partial charge in [-0.3, -0.25) is 0 Å². The highest BCUT2D eigenvalue weighted by molar-refractivity contribution is 5.70. The van der Waals surface area contributed by atoms with E-state index in [2.05, 4.69) is 11.1 Å². The minimum Gasteiger partial charge on any atom is -0.387 e. The second-order valence-electron chi connectivity index (χ2n) is 5.69. The van der Waals surface area contributed by atoms with Crippen molar-refractivity contribution in [3.05, 3.63) is 30.6 Å². The first kappa shape index (κ1) is 13.6. The van der Waals surface area contributed by atoms with Crippen LogP contribution < -0.4 is 4.57 Å². The normalized spacial score (nSPS) is 18.4. The van der Waals surface area contributed by atoms with Crippen LogP contribution >= 0.6 is 0 Å². The third-order valence-corrected chi connectivity index (χ3v) is 4.07. The summed E-state index contributed by atoms with van der Waals surface area (Å²) >= 11 is 0. The fraction of sp³-hybridized carbons (Fsp3) is 0.562. The van der Waals surface area contributed by atoms with Crippen molar-refractivity contribution < 1.29 is 14.4 Å². The minimum absolute atomic E-state index is 0.353. The van der Waals surface area contributed by atoms with Crippen LogP contribution in [0.4, 0.5) is 0 Å². The van der Waals surface area contributed by atoms with Crippen LogP contribution in [0.3, 0.4) is 0 Å². The lowest BCUT2D eigenvalue weighted by Crippen LogP contribution is -2.41. The molecule has 1 unspecified atom stereocenters. The maximum atomic E-state index is 10.2. The van der Waals surface area contributed by atoms with Crippen molar-refractivity contribution in [3.8, 4) is 0 Å². The molecule has 1 aliphatic rings. The first-order chi connectivity index (χ1) is 9.83. The second kappa shape index (κ2) is 6.37. The molecule has 1 fully saturated rings. The lowest BCUT2D eigenvalue weighted by Gasteiger charge is -2.23. The highest BCUT2D eigenvalue weighted by Crippen LogP contribution is 2.20. The molecule has 1 aromatic heterocycles. The number of benzene rings is 1. The summed E-state index contributed by atoms with van der Waals surface area (Å²) in [6.45, 7) is 0.994. The Labute approximate surface area is 119 Å². The van der Waals surface area contributed by atoms with Gasteiger partial charge in [0.1, 0.15) is 12.6 Å². The summed E-state index contributed by atoms with van der Waals surface area (Å²) < 4.78 is 7.88. The number of ether oxygens (including phenoxy) is 1. The topological polar surface area (TPSA) is 49.1 Å². The number of aromatic amines is 1. The summed E-state index contributed by atoms with van der Waals surface area (Å²) in [4.78, 5) is 3.21. The first-order valence-corrected chi connectivity index (χ1v) is 7.58. The van der Waals surface area contributed by atoms with E-state index in [1.54, 1.807) is 0 Å². The maximum absolute atomic E-state index is 10.2. The van der Waals surface area contributed by atoms with E-state index in [1.807, 2.05) is 29.1 Å². The highest BCUT2D eigenvalue weighted by atomic mass is 16.5. The third-order valence-electron chi connectivity index (χ3n) is 4.07. The van der Waals surface area contributed by atoms with Gasteiger partial charge < -0.3 is 9.84 Å². The van der Waals surface area contributed by atoms with E-state index in [9.17, 15) is 5.11 Å². The monoisotopic (exact) mass is 275 g/mol. The molecule has 3 rings (SSSR count). The van der Waals surface area contributed by atoms with Gasteiger partial charge in [-0.05, 0) is 25.0 Å². The Hall–Kier alpha value is -1.39. The molecule has 0 bridgehead atoms. The molecule has 108 valence electrons. The number of nitrogens with zero attached hydrogens (tertiary/aromatic N) is 1. The van der Waals surface area contributed by atoms with E-state index >= 15 is 0 Å². The van der Waals surface area contributed by atoms with Crippen molar-refractivity contribution in [1.29, 1.82) is 0 Å². The molecule has 1 aromatic carbocycles. The molecule has 1 heterocycles. The van der Waals surface area contributed by atoms with Gasteiger partial charge in [0, 0.05) is 0 Å². The largest absolute Gasteiger partial charge is 0.387 e. The zero-order valence-corrected chi connectivity index (χ0v) is 11.8. The van der Waals surface area contributed by atoms with Gasteiger partial charge in [-0.2, -0.15) is 0 Å². The standard InChI is InChI=1S/C16H22N2O2/c19-13(11-20-14-6-2-1-3-7-14)10-18-12-17-15-8-4-5-9-16(15)18/h4-5,8-9,12-14,19H,1-3,6-7,10-11H2/p+1. The minimum atomic E-state index is -0.457. The molecule has 1 saturated carbocycles. The molecule has 2 N–H and O–H groups in total. The Morgan fingerprint density at radius 2 is 2.05 bits per heavy atom. The fourth-order valence-corrected chi connectivity index (χ4v) is 2.97. The van der Waals surface area contributed by atoms with Gasteiger partial charge in [-0.25, -0.2) is 9.55 Å². The van der Waals surface area contributed by atoms with Crippen LogP contribution in [0.15, 0.2) is 30.6 Å². The van der Waals surface area contributed by atoms with Crippen LogP contribution in [0.5, 0.6) is 0 Å². The number of aromatic nitrogens is 2. The quantitative estimate of drug-likeness (QED) is 0.822. The van der Waals surface area contributed by atoms with Crippen molar-refractivity contribution in [2.24, 2.45) is 0 Å². The number of rotatable bonds is 5. The summed E-state index contributed by atoms with van der Waals surface area (Å²) in [6, 6.07) is 8.11. The zero-order chi connectivity index (χ0) is 13.8. The zero-order valence-electron chi connectivity index (χ0n) is 11.8. The molecule has 0 saturated heterocycles. The van der Waals surface area contributed by atoms with E-state index in [-0.39, 0.29) is 0 Å². The Morgan fingerprint density at radius 3 is 2.90 bits per heavy atom. The van der Waals surface area contributed by atoms with Gasteiger partial charge in [0.15, 0.2) is 11.0 Å². The van der Waals surface area contributed by atoms with Crippen molar-refractivity contribution in [2.75, 3.05) is 6.61 Å². The molecule has 0 amide bonds.